The van der Waals surface area contributed by atoms with Gasteiger partial charge >= 0.3 is 6.03 Å². The third kappa shape index (κ3) is 1.53. The highest BCUT2D eigenvalue weighted by Gasteiger charge is 2.19. The highest BCUT2D eigenvalue weighted by Crippen LogP contribution is 2.15. The van der Waals surface area contributed by atoms with Crippen LogP contribution in [0.1, 0.15) is 17.1 Å². The second-order valence-electron chi connectivity index (χ2n) is 3.40. The van der Waals surface area contributed by atoms with Crippen molar-refractivity contribution in [1.29, 1.82) is 0 Å². The maximum Gasteiger partial charge on any atom is 0.315 e. The van der Waals surface area contributed by atoms with E-state index in [9.17, 15) is 4.79 Å². The zero-order valence-corrected chi connectivity index (χ0v) is 8.03. The highest BCUT2D eigenvalue weighted by molar-refractivity contribution is 5.72. The number of primary amides is 1. The summed E-state index contributed by atoms with van der Waals surface area (Å²) in [5.74, 6) is 0.732. The molecule has 14 heavy (non-hydrogen) atoms. The summed E-state index contributed by atoms with van der Waals surface area (Å²) in [6.07, 6.45) is 2.62. The Bertz CT molecular complexity index is 377. The number of aromatic nitrogens is 2. The standard InChI is InChI=1S/C9H12N4O/c1-6-11-4-7-2-3-13(9(10)14)5-8(7)12-6/h4H,2-3,5H2,1H3,(H2,10,14). The Morgan fingerprint density at radius 3 is 3.14 bits per heavy atom. The van der Waals surface area contributed by atoms with Gasteiger partial charge in [-0.05, 0) is 18.9 Å². The number of nitrogens with zero attached hydrogens (tertiary/aromatic N) is 3. The van der Waals surface area contributed by atoms with E-state index in [0.717, 1.165) is 23.5 Å². The summed E-state index contributed by atoms with van der Waals surface area (Å²) in [6, 6.07) is -0.382. The van der Waals surface area contributed by atoms with Crippen LogP contribution < -0.4 is 5.73 Å². The van der Waals surface area contributed by atoms with E-state index in [1.165, 1.54) is 0 Å². The summed E-state index contributed by atoms with van der Waals surface area (Å²) in [6.45, 7) is 3.01. The van der Waals surface area contributed by atoms with Gasteiger partial charge in [-0.25, -0.2) is 14.8 Å². The van der Waals surface area contributed by atoms with Crippen molar-refractivity contribution in [3.8, 4) is 0 Å². The van der Waals surface area contributed by atoms with Gasteiger partial charge in [0.1, 0.15) is 5.82 Å². The van der Waals surface area contributed by atoms with Crippen LogP contribution in [0.4, 0.5) is 4.79 Å². The number of carbonyl (C=O) groups excluding carboxylic acids is 1. The minimum absolute atomic E-state index is 0.382. The van der Waals surface area contributed by atoms with Crippen LogP contribution in [0, 0.1) is 6.92 Å². The molecule has 0 saturated heterocycles. The third-order valence-corrected chi connectivity index (χ3v) is 2.38. The van der Waals surface area contributed by atoms with E-state index in [1.54, 1.807) is 4.90 Å². The first-order valence-corrected chi connectivity index (χ1v) is 4.52. The number of hydrogen-bond acceptors (Lipinski definition) is 3. The van der Waals surface area contributed by atoms with Crippen molar-refractivity contribution in [2.24, 2.45) is 5.73 Å². The molecule has 2 amide bonds. The molecule has 0 unspecified atom stereocenters. The fraction of sp³-hybridized carbons (Fsp3) is 0.444. The van der Waals surface area contributed by atoms with Crippen LogP contribution in [0.5, 0.6) is 0 Å². The molecular weight excluding hydrogens is 180 g/mol. The van der Waals surface area contributed by atoms with Gasteiger partial charge in [0.15, 0.2) is 0 Å². The van der Waals surface area contributed by atoms with E-state index in [-0.39, 0.29) is 6.03 Å². The largest absolute Gasteiger partial charge is 0.351 e. The summed E-state index contributed by atoms with van der Waals surface area (Å²) >= 11 is 0. The summed E-state index contributed by atoms with van der Waals surface area (Å²) in [7, 11) is 0. The first-order chi connectivity index (χ1) is 6.66. The molecule has 5 heteroatoms. The third-order valence-electron chi connectivity index (χ3n) is 2.38. The zero-order chi connectivity index (χ0) is 10.1. The van der Waals surface area contributed by atoms with Crippen molar-refractivity contribution in [2.45, 2.75) is 19.9 Å². The fourth-order valence-electron chi connectivity index (χ4n) is 1.59. The maximum atomic E-state index is 11.0. The summed E-state index contributed by atoms with van der Waals surface area (Å²) < 4.78 is 0. The number of aryl methyl sites for hydroxylation is 1. The van der Waals surface area contributed by atoms with Crippen LogP contribution in [0.2, 0.25) is 0 Å². The SMILES string of the molecule is Cc1ncc2c(n1)CN(C(N)=O)CC2. The average molecular weight is 192 g/mol. The van der Waals surface area contributed by atoms with Gasteiger partial charge < -0.3 is 10.6 Å². The van der Waals surface area contributed by atoms with Crippen molar-refractivity contribution in [2.75, 3.05) is 6.54 Å². The second kappa shape index (κ2) is 3.25. The Morgan fingerprint density at radius 1 is 1.64 bits per heavy atom. The van der Waals surface area contributed by atoms with Crippen molar-refractivity contribution < 1.29 is 4.79 Å². The van der Waals surface area contributed by atoms with Crippen LogP contribution in [0.25, 0.3) is 0 Å². The Morgan fingerprint density at radius 2 is 2.43 bits per heavy atom. The first-order valence-electron chi connectivity index (χ1n) is 4.52. The quantitative estimate of drug-likeness (QED) is 0.639. The molecule has 0 aliphatic carbocycles. The highest BCUT2D eigenvalue weighted by atomic mass is 16.2. The minimum atomic E-state index is -0.382. The van der Waals surface area contributed by atoms with Crippen LogP contribution >= 0.6 is 0 Å². The van der Waals surface area contributed by atoms with Gasteiger partial charge in [-0.15, -0.1) is 0 Å². The molecule has 74 valence electrons. The van der Waals surface area contributed by atoms with E-state index < -0.39 is 0 Å². The number of fused-ring (bicyclic) bond motifs is 1. The van der Waals surface area contributed by atoms with Crippen molar-refractivity contribution in [3.63, 3.8) is 0 Å². The van der Waals surface area contributed by atoms with Crippen molar-refractivity contribution >= 4 is 6.03 Å². The van der Waals surface area contributed by atoms with Gasteiger partial charge in [0, 0.05) is 12.7 Å². The van der Waals surface area contributed by atoms with Gasteiger partial charge in [-0.2, -0.15) is 0 Å². The lowest BCUT2D eigenvalue weighted by Crippen LogP contribution is -2.40. The minimum Gasteiger partial charge on any atom is -0.351 e. The van der Waals surface area contributed by atoms with Crippen molar-refractivity contribution in [3.05, 3.63) is 23.3 Å². The number of urea groups is 1. The molecule has 2 N–H and O–H groups in total. The smallest absolute Gasteiger partial charge is 0.315 e. The van der Waals surface area contributed by atoms with Crippen LogP contribution in [-0.4, -0.2) is 27.4 Å². The average Bonchev–Trinajstić information content (AvgIpc) is 2.16. The molecule has 1 aliphatic heterocycles. The summed E-state index contributed by atoms with van der Waals surface area (Å²) in [5.41, 5.74) is 7.24. The second-order valence-corrected chi connectivity index (χ2v) is 3.40. The molecule has 2 rings (SSSR count). The van der Waals surface area contributed by atoms with Crippen molar-refractivity contribution in [1.82, 2.24) is 14.9 Å². The maximum absolute atomic E-state index is 11.0. The Kier molecular flexibility index (Phi) is 2.07. The molecule has 2 heterocycles. The molecule has 5 nitrogen and oxygen atoms in total. The molecule has 1 aromatic heterocycles. The lowest BCUT2D eigenvalue weighted by Gasteiger charge is -2.26. The predicted octanol–water partition coefficient (Wildman–Crippen LogP) is 0.222. The molecule has 1 aliphatic rings. The molecule has 0 atom stereocenters. The number of carbonyl (C=O) groups is 1. The van der Waals surface area contributed by atoms with Crippen LogP contribution in [0.15, 0.2) is 6.20 Å². The molecule has 0 saturated carbocycles. The molecule has 0 fully saturated rings. The summed E-state index contributed by atoms with van der Waals surface area (Å²) in [4.78, 5) is 20.9. The van der Waals surface area contributed by atoms with Gasteiger partial charge in [0.2, 0.25) is 0 Å². The number of hydrogen-bond donors (Lipinski definition) is 1. The number of amides is 2. The normalized spacial score (nSPS) is 15.1. The molecule has 0 bridgehead atoms. The van der Waals surface area contributed by atoms with E-state index in [1.807, 2.05) is 13.1 Å². The summed E-state index contributed by atoms with van der Waals surface area (Å²) in [5, 5.41) is 0. The van der Waals surface area contributed by atoms with Crippen LogP contribution in [-0.2, 0) is 13.0 Å². The van der Waals surface area contributed by atoms with Gasteiger partial charge in [-0.1, -0.05) is 0 Å². The van der Waals surface area contributed by atoms with E-state index >= 15 is 0 Å². The van der Waals surface area contributed by atoms with Gasteiger partial charge in [-0.3, -0.25) is 0 Å². The molecular formula is C9H12N4O. The van der Waals surface area contributed by atoms with Gasteiger partial charge in [0.25, 0.3) is 0 Å². The lowest BCUT2D eigenvalue weighted by atomic mass is 10.1. The van der Waals surface area contributed by atoms with Crippen LogP contribution in [0.3, 0.4) is 0 Å². The number of rotatable bonds is 0. The molecule has 1 aromatic rings. The van der Waals surface area contributed by atoms with Gasteiger partial charge in [0.05, 0.1) is 12.2 Å². The van der Waals surface area contributed by atoms with E-state index in [0.29, 0.717) is 13.1 Å². The molecule has 0 spiro atoms. The number of nitrogens with two attached hydrogens (primary N) is 1. The first kappa shape index (κ1) is 8.93. The lowest BCUT2D eigenvalue weighted by molar-refractivity contribution is 0.201. The Balaban J connectivity index is 2.29. The fourth-order valence-corrected chi connectivity index (χ4v) is 1.59. The van der Waals surface area contributed by atoms with E-state index in [4.69, 9.17) is 5.73 Å². The molecule has 0 radical (unpaired) electrons. The Hall–Kier alpha value is -1.65. The zero-order valence-electron chi connectivity index (χ0n) is 8.03. The monoisotopic (exact) mass is 192 g/mol. The van der Waals surface area contributed by atoms with E-state index in [2.05, 4.69) is 9.97 Å². The Labute approximate surface area is 82.0 Å². The predicted molar refractivity (Wildman–Crippen MR) is 50.5 cm³/mol. The topological polar surface area (TPSA) is 72.1 Å². The molecule has 0 aromatic carbocycles.